The van der Waals surface area contributed by atoms with Crippen molar-refractivity contribution >= 4 is 39.2 Å². The van der Waals surface area contributed by atoms with E-state index in [9.17, 15) is 4.79 Å². The van der Waals surface area contributed by atoms with Gasteiger partial charge in [-0.05, 0) is 53.4 Å². The molecule has 1 aromatic rings. The maximum absolute atomic E-state index is 11.5. The summed E-state index contributed by atoms with van der Waals surface area (Å²) in [6.07, 6.45) is 3.36. The Balaban J connectivity index is 1.92. The van der Waals surface area contributed by atoms with Crippen molar-refractivity contribution in [2.45, 2.75) is 25.3 Å². The summed E-state index contributed by atoms with van der Waals surface area (Å²) >= 11 is 9.22. The van der Waals surface area contributed by atoms with Gasteiger partial charge in [0.2, 0.25) is 0 Å². The van der Waals surface area contributed by atoms with Crippen molar-refractivity contribution in [3.05, 3.63) is 27.7 Å². The number of carbonyl (C=O) groups is 1. The van der Waals surface area contributed by atoms with Gasteiger partial charge in [0, 0.05) is 16.2 Å². The van der Waals surface area contributed by atoms with Gasteiger partial charge in [-0.15, -0.1) is 0 Å². The van der Waals surface area contributed by atoms with Crippen LogP contribution in [0.1, 0.15) is 19.3 Å². The van der Waals surface area contributed by atoms with Crippen molar-refractivity contribution < 1.29 is 4.79 Å². The molecule has 0 saturated heterocycles. The molecule has 5 heteroatoms. The fourth-order valence-corrected chi connectivity index (χ4v) is 1.91. The Labute approximate surface area is 108 Å². The lowest BCUT2D eigenvalue weighted by atomic mass is 9.93. The molecular weight excluding hydrogens is 291 g/mol. The topological polar surface area (TPSA) is 41.1 Å². The van der Waals surface area contributed by atoms with E-state index in [1.807, 2.05) is 0 Å². The molecule has 0 atom stereocenters. The van der Waals surface area contributed by atoms with Gasteiger partial charge in [-0.1, -0.05) is 11.6 Å². The predicted molar refractivity (Wildman–Crippen MR) is 68.9 cm³/mol. The van der Waals surface area contributed by atoms with E-state index in [0.29, 0.717) is 16.8 Å². The molecule has 0 spiro atoms. The van der Waals surface area contributed by atoms with Crippen LogP contribution in [0.5, 0.6) is 0 Å². The monoisotopic (exact) mass is 302 g/mol. The Morgan fingerprint density at radius 1 is 1.44 bits per heavy atom. The first-order chi connectivity index (χ1) is 7.65. The molecule has 0 aromatic heterocycles. The lowest BCUT2D eigenvalue weighted by Gasteiger charge is -2.26. The molecule has 2 rings (SSSR count). The van der Waals surface area contributed by atoms with Gasteiger partial charge in [0.05, 0.1) is 5.02 Å². The minimum Gasteiger partial charge on any atom is -0.335 e. The first-order valence-corrected chi connectivity index (χ1v) is 6.35. The Morgan fingerprint density at radius 3 is 2.75 bits per heavy atom. The summed E-state index contributed by atoms with van der Waals surface area (Å²) in [5.74, 6) is 0. The average Bonchev–Trinajstić information content (AvgIpc) is 2.18. The molecule has 1 fully saturated rings. The van der Waals surface area contributed by atoms with Crippen LogP contribution < -0.4 is 10.6 Å². The average molecular weight is 304 g/mol. The third kappa shape index (κ3) is 2.89. The highest BCUT2D eigenvalue weighted by molar-refractivity contribution is 9.10. The molecule has 3 nitrogen and oxygen atoms in total. The fraction of sp³-hybridized carbons (Fsp3) is 0.364. The zero-order valence-electron chi connectivity index (χ0n) is 8.59. The second-order valence-corrected chi connectivity index (χ2v) is 5.12. The molecule has 1 aliphatic rings. The number of rotatable bonds is 2. The second kappa shape index (κ2) is 5.06. The van der Waals surface area contributed by atoms with E-state index in [1.165, 1.54) is 6.42 Å². The van der Waals surface area contributed by atoms with Crippen molar-refractivity contribution in [3.8, 4) is 0 Å². The highest BCUT2D eigenvalue weighted by atomic mass is 79.9. The molecule has 1 aliphatic carbocycles. The highest BCUT2D eigenvalue weighted by Crippen LogP contribution is 2.25. The summed E-state index contributed by atoms with van der Waals surface area (Å²) in [4.78, 5) is 11.5. The van der Waals surface area contributed by atoms with Crippen molar-refractivity contribution in [2.75, 3.05) is 5.32 Å². The smallest absolute Gasteiger partial charge is 0.319 e. The van der Waals surface area contributed by atoms with Crippen molar-refractivity contribution in [3.63, 3.8) is 0 Å². The molecule has 86 valence electrons. The maximum atomic E-state index is 11.5. The molecule has 2 amide bonds. The van der Waals surface area contributed by atoms with Crippen LogP contribution >= 0.6 is 27.5 Å². The number of anilines is 1. The molecule has 0 heterocycles. The van der Waals surface area contributed by atoms with Crippen LogP contribution in [0.15, 0.2) is 22.7 Å². The Bertz CT molecular complexity index is 407. The highest BCUT2D eigenvalue weighted by Gasteiger charge is 2.19. The third-order valence-electron chi connectivity index (χ3n) is 2.62. The van der Waals surface area contributed by atoms with Crippen LogP contribution in [0.4, 0.5) is 10.5 Å². The molecule has 0 bridgehead atoms. The fourth-order valence-electron chi connectivity index (χ4n) is 1.48. The van der Waals surface area contributed by atoms with Gasteiger partial charge in [0.1, 0.15) is 0 Å². The first-order valence-electron chi connectivity index (χ1n) is 5.18. The second-order valence-electron chi connectivity index (χ2n) is 3.86. The largest absolute Gasteiger partial charge is 0.335 e. The molecule has 1 saturated carbocycles. The Kier molecular flexibility index (Phi) is 3.71. The van der Waals surface area contributed by atoms with E-state index >= 15 is 0 Å². The third-order valence-corrected chi connectivity index (χ3v) is 3.85. The quantitative estimate of drug-likeness (QED) is 0.858. The summed E-state index contributed by atoms with van der Waals surface area (Å²) in [7, 11) is 0. The lowest BCUT2D eigenvalue weighted by Crippen LogP contribution is -2.41. The molecule has 0 unspecified atom stereocenters. The molecule has 0 aliphatic heterocycles. The molecule has 0 radical (unpaired) electrons. The predicted octanol–water partition coefficient (Wildman–Crippen LogP) is 3.78. The normalized spacial score (nSPS) is 15.4. The lowest BCUT2D eigenvalue weighted by molar-refractivity contribution is 0.240. The van der Waals surface area contributed by atoms with Crippen LogP contribution in [0.25, 0.3) is 0 Å². The van der Waals surface area contributed by atoms with Gasteiger partial charge in [0.15, 0.2) is 0 Å². The minimum atomic E-state index is -0.164. The molecule has 1 aromatic carbocycles. The van der Waals surface area contributed by atoms with E-state index in [0.717, 1.165) is 17.3 Å². The van der Waals surface area contributed by atoms with E-state index in [2.05, 4.69) is 26.6 Å². The summed E-state index contributed by atoms with van der Waals surface area (Å²) < 4.78 is 0.819. The number of halogens is 2. The Hall–Kier alpha value is -0.740. The number of benzene rings is 1. The van der Waals surface area contributed by atoms with Crippen LogP contribution in [-0.2, 0) is 0 Å². The van der Waals surface area contributed by atoms with Crippen LogP contribution in [0.3, 0.4) is 0 Å². The zero-order chi connectivity index (χ0) is 11.5. The SMILES string of the molecule is O=C(Nc1ccc(Br)c(Cl)c1)NC1CCC1. The number of hydrogen-bond acceptors (Lipinski definition) is 1. The number of hydrogen-bond donors (Lipinski definition) is 2. The number of nitrogens with one attached hydrogen (secondary N) is 2. The van der Waals surface area contributed by atoms with E-state index in [1.54, 1.807) is 18.2 Å². The molecular formula is C11H12BrClN2O. The Morgan fingerprint density at radius 2 is 2.19 bits per heavy atom. The van der Waals surface area contributed by atoms with Crippen LogP contribution in [-0.4, -0.2) is 12.1 Å². The first kappa shape index (κ1) is 11.7. The van der Waals surface area contributed by atoms with Crippen molar-refractivity contribution in [2.24, 2.45) is 0 Å². The van der Waals surface area contributed by atoms with Gasteiger partial charge >= 0.3 is 6.03 Å². The van der Waals surface area contributed by atoms with E-state index < -0.39 is 0 Å². The summed E-state index contributed by atoms with van der Waals surface area (Å²) in [5, 5.41) is 6.23. The number of amides is 2. The van der Waals surface area contributed by atoms with Crippen LogP contribution in [0.2, 0.25) is 5.02 Å². The van der Waals surface area contributed by atoms with Gasteiger partial charge in [-0.3, -0.25) is 0 Å². The summed E-state index contributed by atoms with van der Waals surface area (Å²) in [6.45, 7) is 0. The summed E-state index contributed by atoms with van der Waals surface area (Å²) in [5.41, 5.74) is 0.699. The molecule has 16 heavy (non-hydrogen) atoms. The van der Waals surface area contributed by atoms with Crippen LogP contribution in [0, 0.1) is 0 Å². The number of carbonyl (C=O) groups excluding carboxylic acids is 1. The summed E-state index contributed by atoms with van der Waals surface area (Å²) in [6, 6.07) is 5.50. The molecule has 2 N–H and O–H groups in total. The van der Waals surface area contributed by atoms with Gasteiger partial charge in [-0.25, -0.2) is 4.79 Å². The minimum absolute atomic E-state index is 0.164. The van der Waals surface area contributed by atoms with Gasteiger partial charge in [-0.2, -0.15) is 0 Å². The van der Waals surface area contributed by atoms with E-state index in [4.69, 9.17) is 11.6 Å². The maximum Gasteiger partial charge on any atom is 0.319 e. The van der Waals surface area contributed by atoms with E-state index in [-0.39, 0.29) is 6.03 Å². The zero-order valence-corrected chi connectivity index (χ0v) is 10.9. The van der Waals surface area contributed by atoms with Gasteiger partial charge in [0.25, 0.3) is 0 Å². The van der Waals surface area contributed by atoms with Gasteiger partial charge < -0.3 is 10.6 Å². The van der Waals surface area contributed by atoms with Crippen molar-refractivity contribution in [1.82, 2.24) is 5.32 Å². The van der Waals surface area contributed by atoms with Crippen molar-refractivity contribution in [1.29, 1.82) is 0 Å². The standard InChI is InChI=1S/C11H12BrClN2O/c12-9-5-4-8(6-10(9)13)15-11(16)14-7-2-1-3-7/h4-7H,1-3H2,(H2,14,15,16). The number of urea groups is 1.